The van der Waals surface area contributed by atoms with Crippen LogP contribution in [0.15, 0.2) is 42.5 Å². The number of amides is 1. The molecule has 0 aromatic heterocycles. The fourth-order valence-electron chi connectivity index (χ4n) is 7.43. The van der Waals surface area contributed by atoms with Crippen LogP contribution in [0.2, 0.25) is 0 Å². The molecular weight excluding hydrogens is 543 g/mol. The molecule has 2 aromatic carbocycles. The normalized spacial score (nSPS) is 26.2. The molecule has 6 rings (SSSR count). The third-order valence-corrected chi connectivity index (χ3v) is 9.77. The molecule has 8 nitrogen and oxygen atoms in total. The van der Waals surface area contributed by atoms with Crippen LogP contribution in [0.1, 0.15) is 81.4 Å². The van der Waals surface area contributed by atoms with Crippen molar-refractivity contribution in [3.63, 3.8) is 0 Å². The first kappa shape index (κ1) is 31.5. The Morgan fingerprint density at radius 2 is 1.77 bits per heavy atom. The van der Waals surface area contributed by atoms with Gasteiger partial charge in [-0.3, -0.25) is 4.79 Å². The predicted molar refractivity (Wildman–Crippen MR) is 167 cm³/mol. The molecule has 2 N–H and O–H groups in total. The van der Waals surface area contributed by atoms with E-state index in [0.29, 0.717) is 29.6 Å². The van der Waals surface area contributed by atoms with E-state index in [-0.39, 0.29) is 23.8 Å². The first-order valence-electron chi connectivity index (χ1n) is 15.5. The van der Waals surface area contributed by atoms with E-state index in [4.69, 9.17) is 18.8 Å². The van der Waals surface area contributed by atoms with E-state index in [1.165, 1.54) is 0 Å². The van der Waals surface area contributed by atoms with E-state index in [0.717, 1.165) is 36.1 Å². The number of hydrogen-bond donors (Lipinski definition) is 2. The van der Waals surface area contributed by atoms with Crippen LogP contribution in [-0.2, 0) is 38.2 Å². The third-order valence-electron chi connectivity index (χ3n) is 9.77. The standard InChI is InChI=1S/C34H47BN2O6/c1-32(2,3)41-31(39)25-11-9-10-23(30(25)40-8)17-28(37-29(38)16-21-12-14-22(15-13-21)20-36-7)35-42-27-19-24-18-26(33(24,4)5)34(27,6)43-35/h9-15,24,26-28,36H,16-20H2,1-8H3,(H,37,38). The average molecular weight is 591 g/mol. The maximum absolute atomic E-state index is 13.5. The van der Waals surface area contributed by atoms with Gasteiger partial charge in [0.2, 0.25) is 5.91 Å². The van der Waals surface area contributed by atoms with Crippen LogP contribution in [0, 0.1) is 17.3 Å². The van der Waals surface area contributed by atoms with Crippen molar-refractivity contribution in [2.45, 2.75) is 97.0 Å². The van der Waals surface area contributed by atoms with E-state index in [1.54, 1.807) is 13.2 Å². The minimum atomic E-state index is -0.647. The number of esters is 1. The molecule has 2 aromatic rings. The lowest BCUT2D eigenvalue weighted by molar-refractivity contribution is -0.199. The van der Waals surface area contributed by atoms with Crippen LogP contribution in [0.25, 0.3) is 0 Å². The second-order valence-electron chi connectivity index (χ2n) is 14.2. The van der Waals surface area contributed by atoms with Crippen molar-refractivity contribution in [3.8, 4) is 5.75 Å². The summed E-state index contributed by atoms with van der Waals surface area (Å²) in [7, 11) is 2.82. The van der Waals surface area contributed by atoms with E-state index in [2.05, 4.69) is 31.4 Å². The van der Waals surface area contributed by atoms with Crippen molar-refractivity contribution < 1.29 is 28.4 Å². The molecule has 0 radical (unpaired) electrons. The van der Waals surface area contributed by atoms with Gasteiger partial charge in [-0.15, -0.1) is 0 Å². The average Bonchev–Trinajstić information content (AvgIpc) is 3.30. The Bertz CT molecular complexity index is 1340. The number of ether oxygens (including phenoxy) is 2. The lowest BCUT2D eigenvalue weighted by atomic mass is 9.43. The molecule has 3 saturated carbocycles. The Morgan fingerprint density at radius 3 is 2.40 bits per heavy atom. The topological polar surface area (TPSA) is 95.1 Å². The summed E-state index contributed by atoms with van der Waals surface area (Å²) in [5.41, 5.74) is 2.33. The molecule has 2 bridgehead atoms. The van der Waals surface area contributed by atoms with Gasteiger partial charge in [-0.2, -0.15) is 0 Å². The maximum Gasteiger partial charge on any atom is 0.482 e. The molecule has 0 spiro atoms. The van der Waals surface area contributed by atoms with Gasteiger partial charge in [-0.25, -0.2) is 4.79 Å². The summed E-state index contributed by atoms with van der Waals surface area (Å²) in [6.07, 6.45) is 2.66. The zero-order valence-electron chi connectivity index (χ0n) is 26.9. The zero-order valence-corrected chi connectivity index (χ0v) is 26.9. The first-order chi connectivity index (χ1) is 20.2. The first-order valence-corrected chi connectivity index (χ1v) is 15.5. The Kier molecular flexibility index (Phi) is 8.73. The van der Waals surface area contributed by atoms with Crippen LogP contribution < -0.4 is 15.4 Å². The third kappa shape index (κ3) is 6.35. The molecule has 1 amide bonds. The van der Waals surface area contributed by atoms with Crippen molar-refractivity contribution >= 4 is 19.0 Å². The quantitative estimate of drug-likeness (QED) is 0.300. The van der Waals surface area contributed by atoms with Gasteiger partial charge in [0.1, 0.15) is 16.9 Å². The van der Waals surface area contributed by atoms with E-state index in [9.17, 15) is 9.59 Å². The molecule has 4 aliphatic rings. The molecule has 5 unspecified atom stereocenters. The molecule has 9 heteroatoms. The highest BCUT2D eigenvalue weighted by atomic mass is 16.7. The van der Waals surface area contributed by atoms with Crippen molar-refractivity contribution in [2.75, 3.05) is 14.2 Å². The van der Waals surface area contributed by atoms with Crippen LogP contribution in [0.3, 0.4) is 0 Å². The summed E-state index contributed by atoms with van der Waals surface area (Å²) < 4.78 is 24.9. The zero-order chi connectivity index (χ0) is 31.2. The van der Waals surface area contributed by atoms with Crippen LogP contribution >= 0.6 is 0 Å². The summed E-state index contributed by atoms with van der Waals surface area (Å²) in [4.78, 5) is 26.6. The van der Waals surface area contributed by atoms with Crippen LogP contribution in [0.4, 0.5) is 0 Å². The van der Waals surface area contributed by atoms with Crippen molar-refractivity contribution in [2.24, 2.45) is 17.3 Å². The predicted octanol–water partition coefficient (Wildman–Crippen LogP) is 4.91. The molecular formula is C34H47BN2O6. The van der Waals surface area contributed by atoms with Crippen LogP contribution in [-0.4, -0.2) is 56.4 Å². The highest BCUT2D eigenvalue weighted by Crippen LogP contribution is 2.65. The number of para-hydroxylation sites is 1. The summed E-state index contributed by atoms with van der Waals surface area (Å²) in [6, 6.07) is 13.5. The summed E-state index contributed by atoms with van der Waals surface area (Å²) in [6.45, 7) is 13.1. The van der Waals surface area contributed by atoms with E-state index >= 15 is 0 Å². The minimum Gasteiger partial charge on any atom is -0.496 e. The van der Waals surface area contributed by atoms with Crippen LogP contribution in [0.5, 0.6) is 5.75 Å². The Morgan fingerprint density at radius 1 is 1.07 bits per heavy atom. The van der Waals surface area contributed by atoms with Gasteiger partial charge in [0, 0.05) is 6.54 Å². The second-order valence-corrected chi connectivity index (χ2v) is 14.2. The Labute approximate surface area is 256 Å². The molecule has 1 saturated heterocycles. The molecule has 1 aliphatic heterocycles. The molecule has 3 aliphatic carbocycles. The minimum absolute atomic E-state index is 0.0246. The summed E-state index contributed by atoms with van der Waals surface area (Å²) in [5, 5.41) is 6.38. The van der Waals surface area contributed by atoms with Crippen molar-refractivity contribution in [1.29, 1.82) is 0 Å². The number of methoxy groups -OCH3 is 1. The fourth-order valence-corrected chi connectivity index (χ4v) is 7.43. The fraction of sp³-hybridized carbons (Fsp3) is 0.588. The molecule has 232 valence electrons. The van der Waals surface area contributed by atoms with E-state index < -0.39 is 30.2 Å². The van der Waals surface area contributed by atoms with Gasteiger partial charge < -0.3 is 29.4 Å². The van der Waals surface area contributed by atoms with Gasteiger partial charge in [0.25, 0.3) is 0 Å². The van der Waals surface area contributed by atoms with E-state index in [1.807, 2.05) is 64.2 Å². The largest absolute Gasteiger partial charge is 0.496 e. The van der Waals surface area contributed by atoms with Crippen molar-refractivity contribution in [3.05, 3.63) is 64.7 Å². The van der Waals surface area contributed by atoms with Gasteiger partial charge in [-0.05, 0) is 94.0 Å². The number of carbonyl (C=O) groups is 2. The lowest BCUT2D eigenvalue weighted by Gasteiger charge is -2.64. The number of benzene rings is 2. The second kappa shape index (κ2) is 11.9. The molecule has 1 heterocycles. The number of rotatable bonds is 10. The molecule has 5 atom stereocenters. The number of hydrogen-bond acceptors (Lipinski definition) is 7. The van der Waals surface area contributed by atoms with Gasteiger partial charge in [0.15, 0.2) is 0 Å². The van der Waals surface area contributed by atoms with Gasteiger partial charge >= 0.3 is 13.1 Å². The number of carbonyl (C=O) groups excluding carboxylic acids is 2. The van der Waals surface area contributed by atoms with Gasteiger partial charge in [0.05, 0.1) is 31.2 Å². The van der Waals surface area contributed by atoms with Gasteiger partial charge in [-0.1, -0.05) is 50.2 Å². The van der Waals surface area contributed by atoms with Crippen molar-refractivity contribution in [1.82, 2.24) is 10.6 Å². The number of nitrogens with one attached hydrogen (secondary N) is 2. The Balaban J connectivity index is 1.40. The summed E-state index contributed by atoms with van der Waals surface area (Å²) in [5.74, 6) is 0.365. The summed E-state index contributed by atoms with van der Waals surface area (Å²) >= 11 is 0. The smallest absolute Gasteiger partial charge is 0.482 e. The monoisotopic (exact) mass is 590 g/mol. The Hall–Kier alpha value is -2.88. The SMILES string of the molecule is CNCc1ccc(CC(=O)NC(Cc2cccc(C(=O)OC(C)(C)C)c2OC)B2OC3CC4CC(C4(C)C)C3(C)O2)cc1. The molecule has 43 heavy (non-hydrogen) atoms. The lowest BCUT2D eigenvalue weighted by Crippen LogP contribution is -2.65. The maximum atomic E-state index is 13.5. The molecule has 4 fully saturated rings. The highest BCUT2D eigenvalue weighted by Gasteiger charge is 2.68. The highest BCUT2D eigenvalue weighted by molar-refractivity contribution is 6.48.